The van der Waals surface area contributed by atoms with Crippen LogP contribution in [0.2, 0.25) is 0 Å². The molecular formula is C13H20N2. The first-order chi connectivity index (χ1) is 7.20. The molecule has 0 atom stereocenters. The molecule has 1 aliphatic heterocycles. The van der Waals surface area contributed by atoms with Crippen LogP contribution in [-0.4, -0.2) is 13.1 Å². The van der Waals surface area contributed by atoms with Gasteiger partial charge in [-0.2, -0.15) is 0 Å². The summed E-state index contributed by atoms with van der Waals surface area (Å²) in [5.41, 5.74) is 9.80. The molecule has 1 aromatic carbocycles. The summed E-state index contributed by atoms with van der Waals surface area (Å²) in [5, 5.41) is 0. The summed E-state index contributed by atoms with van der Waals surface area (Å²) in [4.78, 5) is 2.49. The zero-order valence-electron chi connectivity index (χ0n) is 9.66. The highest BCUT2D eigenvalue weighted by Crippen LogP contribution is 2.29. The smallest absolute Gasteiger partial charge is 0.0402 e. The molecule has 0 radical (unpaired) electrons. The maximum atomic E-state index is 5.67. The molecule has 0 saturated heterocycles. The van der Waals surface area contributed by atoms with Crippen molar-refractivity contribution < 1.29 is 0 Å². The van der Waals surface area contributed by atoms with E-state index in [2.05, 4.69) is 36.9 Å². The molecule has 0 unspecified atom stereocenters. The van der Waals surface area contributed by atoms with Crippen molar-refractivity contribution in [3.63, 3.8) is 0 Å². The number of hydrogen-bond donors (Lipinski definition) is 1. The molecule has 2 heteroatoms. The Hall–Kier alpha value is -1.02. The molecule has 1 aliphatic rings. The van der Waals surface area contributed by atoms with Crippen LogP contribution in [0.15, 0.2) is 18.2 Å². The third kappa shape index (κ3) is 2.15. The molecule has 0 aliphatic carbocycles. The van der Waals surface area contributed by atoms with E-state index >= 15 is 0 Å². The minimum Gasteiger partial charge on any atom is -0.371 e. The maximum Gasteiger partial charge on any atom is 0.0402 e. The summed E-state index contributed by atoms with van der Waals surface area (Å²) in [5.74, 6) is 0.720. The first-order valence-corrected chi connectivity index (χ1v) is 5.77. The van der Waals surface area contributed by atoms with Gasteiger partial charge in [0.15, 0.2) is 0 Å². The van der Waals surface area contributed by atoms with Gasteiger partial charge < -0.3 is 10.6 Å². The fourth-order valence-electron chi connectivity index (χ4n) is 2.25. The highest BCUT2D eigenvalue weighted by atomic mass is 15.1. The van der Waals surface area contributed by atoms with Crippen LogP contribution in [0.25, 0.3) is 0 Å². The van der Waals surface area contributed by atoms with Crippen LogP contribution in [0.3, 0.4) is 0 Å². The van der Waals surface area contributed by atoms with Gasteiger partial charge in [0.05, 0.1) is 0 Å². The fourth-order valence-corrected chi connectivity index (χ4v) is 2.25. The Kier molecular flexibility index (Phi) is 2.96. The average molecular weight is 204 g/mol. The summed E-state index contributed by atoms with van der Waals surface area (Å²) < 4.78 is 0. The Morgan fingerprint density at radius 2 is 2.20 bits per heavy atom. The molecule has 82 valence electrons. The van der Waals surface area contributed by atoms with E-state index in [-0.39, 0.29) is 0 Å². The summed E-state index contributed by atoms with van der Waals surface area (Å²) in [6, 6.07) is 6.64. The molecule has 0 spiro atoms. The van der Waals surface area contributed by atoms with Gasteiger partial charge in [0.25, 0.3) is 0 Å². The SMILES string of the molecule is CC(C)CN1CCc2ccc(CN)cc21. The highest BCUT2D eigenvalue weighted by Gasteiger charge is 2.19. The molecule has 0 aromatic heterocycles. The number of benzene rings is 1. The second kappa shape index (κ2) is 4.23. The van der Waals surface area contributed by atoms with Crippen molar-refractivity contribution in [1.29, 1.82) is 0 Å². The number of hydrogen-bond acceptors (Lipinski definition) is 2. The lowest BCUT2D eigenvalue weighted by Crippen LogP contribution is -2.25. The van der Waals surface area contributed by atoms with Crippen molar-refractivity contribution in [3.8, 4) is 0 Å². The minimum atomic E-state index is 0.642. The summed E-state index contributed by atoms with van der Waals surface area (Å²) in [6.45, 7) is 7.50. The summed E-state index contributed by atoms with van der Waals surface area (Å²) >= 11 is 0. The number of nitrogens with two attached hydrogens (primary N) is 1. The molecule has 15 heavy (non-hydrogen) atoms. The standard InChI is InChI=1S/C13H20N2/c1-10(2)9-15-6-5-12-4-3-11(8-14)7-13(12)15/h3-4,7,10H,5-6,8-9,14H2,1-2H3. The van der Waals surface area contributed by atoms with Gasteiger partial charge in [-0.1, -0.05) is 26.0 Å². The molecule has 1 aromatic rings. The Morgan fingerprint density at radius 1 is 1.40 bits per heavy atom. The van der Waals surface area contributed by atoms with Crippen LogP contribution in [-0.2, 0) is 13.0 Å². The van der Waals surface area contributed by atoms with Crippen LogP contribution in [0, 0.1) is 5.92 Å². The molecule has 2 rings (SSSR count). The van der Waals surface area contributed by atoms with Gasteiger partial charge in [-0.05, 0) is 29.5 Å². The predicted octanol–water partition coefficient (Wildman–Crippen LogP) is 2.16. The van der Waals surface area contributed by atoms with Gasteiger partial charge in [-0.15, -0.1) is 0 Å². The van der Waals surface area contributed by atoms with Crippen LogP contribution in [0.4, 0.5) is 5.69 Å². The van der Waals surface area contributed by atoms with Crippen LogP contribution < -0.4 is 10.6 Å². The van der Waals surface area contributed by atoms with Gasteiger partial charge in [0.2, 0.25) is 0 Å². The third-order valence-corrected chi connectivity index (χ3v) is 2.96. The van der Waals surface area contributed by atoms with Crippen molar-refractivity contribution in [1.82, 2.24) is 0 Å². The molecule has 0 amide bonds. The number of anilines is 1. The average Bonchev–Trinajstić information content (AvgIpc) is 2.60. The van der Waals surface area contributed by atoms with Crippen molar-refractivity contribution in [2.75, 3.05) is 18.0 Å². The zero-order chi connectivity index (χ0) is 10.8. The van der Waals surface area contributed by atoms with Gasteiger partial charge in [0.1, 0.15) is 0 Å². The van der Waals surface area contributed by atoms with Crippen molar-refractivity contribution in [3.05, 3.63) is 29.3 Å². The van der Waals surface area contributed by atoms with E-state index in [1.54, 1.807) is 0 Å². The van der Waals surface area contributed by atoms with E-state index in [1.165, 1.54) is 29.8 Å². The monoisotopic (exact) mass is 204 g/mol. The lowest BCUT2D eigenvalue weighted by atomic mass is 10.1. The van der Waals surface area contributed by atoms with Crippen LogP contribution in [0.5, 0.6) is 0 Å². The summed E-state index contributed by atoms with van der Waals surface area (Å²) in [7, 11) is 0. The maximum absolute atomic E-state index is 5.67. The van der Waals surface area contributed by atoms with Crippen molar-refractivity contribution in [2.45, 2.75) is 26.8 Å². The zero-order valence-corrected chi connectivity index (χ0v) is 9.66. The number of rotatable bonds is 3. The second-order valence-electron chi connectivity index (χ2n) is 4.76. The molecule has 0 bridgehead atoms. The van der Waals surface area contributed by atoms with E-state index < -0.39 is 0 Å². The van der Waals surface area contributed by atoms with E-state index in [4.69, 9.17) is 5.73 Å². The van der Waals surface area contributed by atoms with E-state index in [0.29, 0.717) is 6.54 Å². The fraction of sp³-hybridized carbons (Fsp3) is 0.538. The Morgan fingerprint density at radius 3 is 2.87 bits per heavy atom. The minimum absolute atomic E-state index is 0.642. The lowest BCUT2D eigenvalue weighted by Gasteiger charge is -2.22. The highest BCUT2D eigenvalue weighted by molar-refractivity contribution is 5.59. The molecule has 1 heterocycles. The molecule has 0 fully saturated rings. The topological polar surface area (TPSA) is 29.3 Å². The van der Waals surface area contributed by atoms with E-state index in [9.17, 15) is 0 Å². The Balaban J connectivity index is 2.23. The van der Waals surface area contributed by atoms with E-state index in [0.717, 1.165) is 12.5 Å². The third-order valence-electron chi connectivity index (χ3n) is 2.96. The normalized spacial score (nSPS) is 14.8. The largest absolute Gasteiger partial charge is 0.371 e. The quantitative estimate of drug-likeness (QED) is 0.817. The van der Waals surface area contributed by atoms with Gasteiger partial charge in [0, 0.05) is 25.3 Å². The van der Waals surface area contributed by atoms with Gasteiger partial charge in [-0.25, -0.2) is 0 Å². The Labute approximate surface area is 92.1 Å². The Bertz CT molecular complexity index is 344. The number of fused-ring (bicyclic) bond motifs is 1. The molecule has 2 nitrogen and oxygen atoms in total. The molecule has 0 saturated carbocycles. The van der Waals surface area contributed by atoms with Crippen LogP contribution in [0.1, 0.15) is 25.0 Å². The predicted molar refractivity (Wildman–Crippen MR) is 65.1 cm³/mol. The van der Waals surface area contributed by atoms with Crippen molar-refractivity contribution in [2.24, 2.45) is 11.7 Å². The lowest BCUT2D eigenvalue weighted by molar-refractivity contribution is 0.622. The van der Waals surface area contributed by atoms with Crippen LogP contribution >= 0.6 is 0 Å². The van der Waals surface area contributed by atoms with Gasteiger partial charge >= 0.3 is 0 Å². The van der Waals surface area contributed by atoms with Gasteiger partial charge in [-0.3, -0.25) is 0 Å². The van der Waals surface area contributed by atoms with Crippen molar-refractivity contribution >= 4 is 5.69 Å². The molecule has 2 N–H and O–H groups in total. The first kappa shape index (κ1) is 10.5. The first-order valence-electron chi connectivity index (χ1n) is 5.77. The van der Waals surface area contributed by atoms with E-state index in [1.807, 2.05) is 0 Å². The molecular weight excluding hydrogens is 184 g/mol. The summed E-state index contributed by atoms with van der Waals surface area (Å²) in [6.07, 6.45) is 1.19. The second-order valence-corrected chi connectivity index (χ2v) is 4.76. The number of nitrogens with zero attached hydrogens (tertiary/aromatic N) is 1.